The molecule has 0 amide bonds. The number of rotatable bonds is 4. The molecule has 1 aliphatic rings. The largest absolute Gasteiger partial charge is 0.207 e. The lowest BCUT2D eigenvalue weighted by Gasteiger charge is -2.26. The lowest BCUT2D eigenvalue weighted by atomic mass is 9.79. The van der Waals surface area contributed by atoms with Crippen LogP contribution in [0, 0.1) is 46.7 Å². The van der Waals surface area contributed by atoms with E-state index in [2.05, 4.69) is 11.8 Å². The van der Waals surface area contributed by atoms with E-state index >= 15 is 4.39 Å². The van der Waals surface area contributed by atoms with Gasteiger partial charge in [0.25, 0.3) is 0 Å². The first-order valence-electron chi connectivity index (χ1n) is 11.2. The number of hydrogen-bond donors (Lipinski definition) is 0. The quantitative estimate of drug-likeness (QED) is 0.209. The highest BCUT2D eigenvalue weighted by Gasteiger charge is 2.28. The Balaban J connectivity index is 1.58. The summed E-state index contributed by atoms with van der Waals surface area (Å²) in [6.45, 7) is 2.01. The molecule has 0 spiro atoms. The Morgan fingerprint density at radius 3 is 2.15 bits per heavy atom. The molecule has 0 N–H and O–H groups in total. The van der Waals surface area contributed by atoms with Gasteiger partial charge < -0.3 is 0 Å². The van der Waals surface area contributed by atoms with Crippen LogP contribution >= 0.6 is 0 Å². The third-order valence-electron chi connectivity index (χ3n) is 6.24. The van der Waals surface area contributed by atoms with Crippen LogP contribution < -0.4 is 0 Å². The Kier molecular flexibility index (Phi) is 7.02. The van der Waals surface area contributed by atoms with Crippen molar-refractivity contribution in [1.29, 1.82) is 0 Å². The van der Waals surface area contributed by atoms with Gasteiger partial charge in [-0.2, -0.15) is 0 Å². The van der Waals surface area contributed by atoms with Crippen molar-refractivity contribution < 1.29 is 26.3 Å². The van der Waals surface area contributed by atoms with Crippen molar-refractivity contribution in [2.24, 2.45) is 0 Å². The van der Waals surface area contributed by atoms with Gasteiger partial charge in [0.2, 0.25) is 0 Å². The molecule has 3 aromatic rings. The lowest BCUT2D eigenvalue weighted by molar-refractivity contribution is 0.446. The molecule has 0 aliphatic heterocycles. The smallest absolute Gasteiger partial charge is 0.194 e. The van der Waals surface area contributed by atoms with Gasteiger partial charge in [0.1, 0.15) is 17.5 Å². The number of benzene rings is 3. The summed E-state index contributed by atoms with van der Waals surface area (Å²) in [5, 5.41) is 0. The fourth-order valence-electron chi connectivity index (χ4n) is 4.47. The van der Waals surface area contributed by atoms with Crippen LogP contribution in [-0.2, 0) is 19.3 Å². The van der Waals surface area contributed by atoms with E-state index in [0.717, 1.165) is 25.0 Å². The van der Waals surface area contributed by atoms with E-state index in [9.17, 15) is 22.0 Å². The van der Waals surface area contributed by atoms with Crippen molar-refractivity contribution in [3.8, 4) is 11.8 Å². The molecule has 0 aromatic heterocycles. The van der Waals surface area contributed by atoms with E-state index in [1.54, 1.807) is 6.07 Å². The lowest BCUT2D eigenvalue weighted by Crippen LogP contribution is -2.17. The number of aryl methyl sites for hydroxylation is 1. The molecule has 6 heteroatoms. The minimum Gasteiger partial charge on any atom is -0.207 e. The predicted molar refractivity (Wildman–Crippen MR) is 118 cm³/mol. The maximum absolute atomic E-state index is 15.1. The van der Waals surface area contributed by atoms with Gasteiger partial charge in [-0.3, -0.25) is 0 Å². The molecule has 0 saturated carbocycles. The molecule has 3 aromatic carbocycles. The molecule has 0 nitrogen and oxygen atoms in total. The molecule has 1 unspecified atom stereocenters. The zero-order valence-electron chi connectivity index (χ0n) is 18.6. The predicted octanol–water partition coefficient (Wildman–Crippen LogP) is 7.54. The summed E-state index contributed by atoms with van der Waals surface area (Å²) in [5.74, 6) is -1.47. The normalized spacial score (nSPS) is 15.0. The second kappa shape index (κ2) is 9.97. The first-order valence-corrected chi connectivity index (χ1v) is 11.2. The minimum absolute atomic E-state index is 0.0278. The van der Waals surface area contributed by atoms with Gasteiger partial charge in [0, 0.05) is 11.1 Å². The number of halogens is 6. The van der Waals surface area contributed by atoms with Crippen molar-refractivity contribution in [2.45, 2.75) is 51.4 Å². The van der Waals surface area contributed by atoms with Crippen molar-refractivity contribution in [3.63, 3.8) is 0 Å². The average molecular weight is 472 g/mol. The first kappa shape index (κ1) is 23.9. The summed E-state index contributed by atoms with van der Waals surface area (Å²) >= 11 is 0. The highest BCUT2D eigenvalue weighted by atomic mass is 19.2. The van der Waals surface area contributed by atoms with Crippen molar-refractivity contribution in [1.82, 2.24) is 0 Å². The van der Waals surface area contributed by atoms with Crippen LogP contribution in [0.5, 0.6) is 0 Å². The van der Waals surface area contributed by atoms with Gasteiger partial charge in [0.05, 0.1) is 5.56 Å². The Bertz CT molecular complexity index is 1250. The molecule has 0 saturated heterocycles. The summed E-state index contributed by atoms with van der Waals surface area (Å²) in [6, 6.07) is 7.35. The van der Waals surface area contributed by atoms with Crippen LogP contribution in [0.15, 0.2) is 36.4 Å². The molecule has 0 bridgehead atoms. The SMILES string of the molecule is CCCCc1cc(F)c(C2CCc3c(ccc(C#Cc4cc(F)c(F)c(F)c4)c3F)C2)c(F)c1. The van der Waals surface area contributed by atoms with E-state index in [-0.39, 0.29) is 29.5 Å². The Hall–Kier alpha value is -3.20. The summed E-state index contributed by atoms with van der Waals surface area (Å²) in [5.41, 5.74) is 1.64. The Labute approximate surface area is 194 Å². The van der Waals surface area contributed by atoms with Crippen LogP contribution in [0.4, 0.5) is 26.3 Å². The zero-order valence-corrected chi connectivity index (χ0v) is 18.6. The van der Waals surface area contributed by atoms with Crippen LogP contribution in [0.1, 0.15) is 65.5 Å². The monoisotopic (exact) mass is 472 g/mol. The molecular weight excluding hydrogens is 450 g/mol. The summed E-state index contributed by atoms with van der Waals surface area (Å²) in [6.07, 6.45) is 3.33. The Morgan fingerprint density at radius 2 is 1.50 bits per heavy atom. The minimum atomic E-state index is -1.59. The molecule has 4 rings (SSSR count). The highest BCUT2D eigenvalue weighted by Crippen LogP contribution is 2.37. The summed E-state index contributed by atoms with van der Waals surface area (Å²) in [4.78, 5) is 0. The van der Waals surface area contributed by atoms with E-state index in [4.69, 9.17) is 0 Å². The second-order valence-electron chi connectivity index (χ2n) is 8.59. The van der Waals surface area contributed by atoms with Crippen LogP contribution in [0.3, 0.4) is 0 Å². The summed E-state index contributed by atoms with van der Waals surface area (Å²) < 4.78 is 84.5. The van der Waals surface area contributed by atoms with E-state index < -0.39 is 40.8 Å². The molecular formula is C28H22F6. The summed E-state index contributed by atoms with van der Waals surface area (Å²) in [7, 11) is 0. The van der Waals surface area contributed by atoms with Crippen LogP contribution in [-0.4, -0.2) is 0 Å². The van der Waals surface area contributed by atoms with E-state index in [1.165, 1.54) is 18.2 Å². The van der Waals surface area contributed by atoms with Gasteiger partial charge in [0.15, 0.2) is 17.5 Å². The second-order valence-corrected chi connectivity index (χ2v) is 8.59. The third-order valence-corrected chi connectivity index (χ3v) is 6.24. The fraction of sp³-hybridized carbons (Fsp3) is 0.286. The van der Waals surface area contributed by atoms with Crippen molar-refractivity contribution in [3.05, 3.63) is 105 Å². The molecule has 0 fully saturated rings. The van der Waals surface area contributed by atoms with Gasteiger partial charge in [-0.15, -0.1) is 0 Å². The molecule has 34 heavy (non-hydrogen) atoms. The standard InChI is InChI=1S/C28H22F6/c1-2-3-4-16-11-22(29)26(23(30)12-16)20-9-10-21-19(15-20)8-7-18(27(21)33)6-5-17-13-24(31)28(34)25(32)14-17/h7-8,11-14,20H,2-4,9-10,15H2,1H3. The van der Waals surface area contributed by atoms with Crippen molar-refractivity contribution in [2.75, 3.05) is 0 Å². The maximum atomic E-state index is 15.1. The zero-order chi connectivity index (χ0) is 24.4. The molecule has 0 heterocycles. The maximum Gasteiger partial charge on any atom is 0.194 e. The molecule has 0 radical (unpaired) electrons. The van der Waals surface area contributed by atoms with Gasteiger partial charge in [-0.1, -0.05) is 31.3 Å². The molecule has 176 valence electrons. The topological polar surface area (TPSA) is 0 Å². The number of fused-ring (bicyclic) bond motifs is 1. The highest BCUT2D eigenvalue weighted by molar-refractivity contribution is 5.48. The number of hydrogen-bond acceptors (Lipinski definition) is 0. The van der Waals surface area contributed by atoms with Gasteiger partial charge >= 0.3 is 0 Å². The molecule has 1 atom stereocenters. The fourth-order valence-corrected chi connectivity index (χ4v) is 4.47. The first-order chi connectivity index (χ1) is 16.3. The number of unbranched alkanes of at least 4 members (excludes halogenated alkanes) is 1. The van der Waals surface area contributed by atoms with Gasteiger partial charge in [-0.25, -0.2) is 26.3 Å². The van der Waals surface area contributed by atoms with Gasteiger partial charge in [-0.05, 0) is 85.0 Å². The van der Waals surface area contributed by atoms with E-state index in [1.807, 2.05) is 6.92 Å². The van der Waals surface area contributed by atoms with Crippen LogP contribution in [0.25, 0.3) is 0 Å². The average Bonchev–Trinajstić information content (AvgIpc) is 2.80. The van der Waals surface area contributed by atoms with E-state index in [0.29, 0.717) is 29.5 Å². The van der Waals surface area contributed by atoms with Crippen LogP contribution in [0.2, 0.25) is 0 Å². The molecule has 1 aliphatic carbocycles. The Morgan fingerprint density at radius 1 is 0.824 bits per heavy atom. The van der Waals surface area contributed by atoms with Crippen molar-refractivity contribution >= 4 is 0 Å². The third kappa shape index (κ3) is 4.84.